The van der Waals surface area contributed by atoms with Crippen molar-refractivity contribution in [3.63, 3.8) is 0 Å². The van der Waals surface area contributed by atoms with E-state index >= 15 is 0 Å². The van der Waals surface area contributed by atoms with E-state index in [-0.39, 0.29) is 5.75 Å². The molecule has 0 saturated carbocycles. The smallest absolute Gasteiger partial charge is 0.185 e. The van der Waals surface area contributed by atoms with Crippen molar-refractivity contribution in [2.24, 2.45) is 0 Å². The van der Waals surface area contributed by atoms with Crippen LogP contribution in [0, 0.1) is 0 Å². The molecule has 0 saturated heterocycles. The maximum absolute atomic E-state index is 12.3. The molecule has 0 atom stereocenters. The molecule has 1 aromatic carbocycles. The standard InChI is InChI=1S/C15H18BrNO3S/c1-2-8-17-10-13-6-7-14(20-13)11-21(18,19)15-5-3-4-12(16)9-15/h3-7,9,17H,2,8,10-11H2,1H3. The normalized spacial score (nSPS) is 11.7. The summed E-state index contributed by atoms with van der Waals surface area (Å²) in [4.78, 5) is 0.291. The van der Waals surface area contributed by atoms with Crippen molar-refractivity contribution in [3.8, 4) is 0 Å². The molecule has 114 valence electrons. The lowest BCUT2D eigenvalue weighted by Gasteiger charge is -2.03. The molecule has 0 aliphatic heterocycles. The predicted molar refractivity (Wildman–Crippen MR) is 85.7 cm³/mol. The Hall–Kier alpha value is -1.11. The first-order valence-electron chi connectivity index (χ1n) is 6.78. The third-order valence-electron chi connectivity index (χ3n) is 2.93. The van der Waals surface area contributed by atoms with Gasteiger partial charge in [-0.3, -0.25) is 0 Å². The zero-order valence-corrected chi connectivity index (χ0v) is 14.2. The molecule has 4 nitrogen and oxygen atoms in total. The Balaban J connectivity index is 2.07. The van der Waals surface area contributed by atoms with Crippen molar-refractivity contribution >= 4 is 25.8 Å². The minimum absolute atomic E-state index is 0.128. The molecule has 2 aromatic rings. The molecule has 0 aliphatic carbocycles. The highest BCUT2D eigenvalue weighted by molar-refractivity contribution is 9.10. The quantitative estimate of drug-likeness (QED) is 0.756. The highest BCUT2D eigenvalue weighted by Gasteiger charge is 2.18. The van der Waals surface area contributed by atoms with Crippen LogP contribution >= 0.6 is 15.9 Å². The van der Waals surface area contributed by atoms with Gasteiger partial charge in [-0.25, -0.2) is 8.42 Å². The molecule has 2 rings (SSSR count). The molecule has 0 radical (unpaired) electrons. The number of rotatable bonds is 7. The van der Waals surface area contributed by atoms with E-state index in [1.54, 1.807) is 30.3 Å². The number of nitrogens with one attached hydrogen (secondary N) is 1. The van der Waals surface area contributed by atoms with E-state index in [2.05, 4.69) is 28.2 Å². The summed E-state index contributed by atoms with van der Waals surface area (Å²) < 4.78 is 31.0. The summed E-state index contributed by atoms with van der Waals surface area (Å²) in [6.07, 6.45) is 1.05. The summed E-state index contributed by atoms with van der Waals surface area (Å²) in [5, 5.41) is 3.22. The lowest BCUT2D eigenvalue weighted by Crippen LogP contribution is -2.13. The van der Waals surface area contributed by atoms with E-state index in [1.165, 1.54) is 0 Å². The van der Waals surface area contributed by atoms with Crippen LogP contribution < -0.4 is 5.32 Å². The van der Waals surface area contributed by atoms with Crippen molar-refractivity contribution in [2.75, 3.05) is 6.54 Å². The fraction of sp³-hybridized carbons (Fsp3) is 0.333. The van der Waals surface area contributed by atoms with Crippen LogP contribution in [0.4, 0.5) is 0 Å². The number of hydrogen-bond donors (Lipinski definition) is 1. The lowest BCUT2D eigenvalue weighted by atomic mass is 10.4. The molecule has 0 unspecified atom stereocenters. The van der Waals surface area contributed by atoms with Crippen molar-refractivity contribution in [2.45, 2.75) is 30.5 Å². The monoisotopic (exact) mass is 371 g/mol. The number of hydrogen-bond acceptors (Lipinski definition) is 4. The van der Waals surface area contributed by atoms with Crippen molar-refractivity contribution in [1.82, 2.24) is 5.32 Å². The van der Waals surface area contributed by atoms with Gasteiger partial charge < -0.3 is 9.73 Å². The van der Waals surface area contributed by atoms with Gasteiger partial charge in [-0.2, -0.15) is 0 Å². The van der Waals surface area contributed by atoms with Crippen LogP contribution in [0.5, 0.6) is 0 Å². The lowest BCUT2D eigenvalue weighted by molar-refractivity contribution is 0.456. The molecule has 0 aliphatic rings. The highest BCUT2D eigenvalue weighted by atomic mass is 79.9. The third-order valence-corrected chi connectivity index (χ3v) is 5.06. The average molecular weight is 372 g/mol. The summed E-state index contributed by atoms with van der Waals surface area (Å²) in [6.45, 7) is 3.61. The van der Waals surface area contributed by atoms with Crippen LogP contribution in [0.1, 0.15) is 24.9 Å². The van der Waals surface area contributed by atoms with Gasteiger partial charge in [0.25, 0.3) is 0 Å². The van der Waals surface area contributed by atoms with Gasteiger partial charge in [-0.15, -0.1) is 0 Å². The Morgan fingerprint density at radius 2 is 1.95 bits per heavy atom. The summed E-state index contributed by atoms with van der Waals surface area (Å²) >= 11 is 3.28. The van der Waals surface area contributed by atoms with Gasteiger partial charge >= 0.3 is 0 Å². The first-order valence-corrected chi connectivity index (χ1v) is 9.22. The molecule has 21 heavy (non-hydrogen) atoms. The number of sulfone groups is 1. The van der Waals surface area contributed by atoms with Crippen LogP contribution in [-0.4, -0.2) is 15.0 Å². The maximum atomic E-state index is 12.3. The maximum Gasteiger partial charge on any atom is 0.185 e. The van der Waals surface area contributed by atoms with E-state index in [0.29, 0.717) is 17.2 Å². The van der Waals surface area contributed by atoms with Crippen LogP contribution in [0.15, 0.2) is 50.2 Å². The second-order valence-corrected chi connectivity index (χ2v) is 7.67. The molecular weight excluding hydrogens is 354 g/mol. The second-order valence-electron chi connectivity index (χ2n) is 4.76. The van der Waals surface area contributed by atoms with E-state index in [0.717, 1.165) is 23.2 Å². The van der Waals surface area contributed by atoms with Crippen LogP contribution in [0.2, 0.25) is 0 Å². The van der Waals surface area contributed by atoms with Gasteiger partial charge in [-0.1, -0.05) is 28.9 Å². The molecule has 1 aromatic heterocycles. The summed E-state index contributed by atoms with van der Waals surface area (Å²) in [6, 6.07) is 10.2. The van der Waals surface area contributed by atoms with Gasteiger partial charge in [0.2, 0.25) is 0 Å². The van der Waals surface area contributed by atoms with Gasteiger partial charge in [0.05, 0.1) is 11.4 Å². The Morgan fingerprint density at radius 1 is 1.19 bits per heavy atom. The second kappa shape index (κ2) is 7.24. The molecule has 0 spiro atoms. The van der Waals surface area contributed by atoms with E-state index in [1.807, 2.05) is 6.07 Å². The van der Waals surface area contributed by atoms with Gasteiger partial charge in [0.1, 0.15) is 17.3 Å². The largest absolute Gasteiger partial charge is 0.464 e. The molecular formula is C15H18BrNO3S. The summed E-state index contributed by atoms with van der Waals surface area (Å²) in [5.41, 5.74) is 0. The Kier molecular flexibility index (Phi) is 5.61. The summed E-state index contributed by atoms with van der Waals surface area (Å²) in [5.74, 6) is 1.09. The Morgan fingerprint density at radius 3 is 2.67 bits per heavy atom. The van der Waals surface area contributed by atoms with Crippen molar-refractivity contribution in [3.05, 3.63) is 52.4 Å². The van der Waals surface area contributed by atoms with Crippen LogP contribution in [0.25, 0.3) is 0 Å². The van der Waals surface area contributed by atoms with E-state index < -0.39 is 9.84 Å². The molecule has 6 heteroatoms. The zero-order chi connectivity index (χ0) is 15.3. The number of halogens is 1. The minimum atomic E-state index is -3.39. The Bertz CT molecular complexity index is 694. The van der Waals surface area contributed by atoms with Crippen LogP contribution in [0.3, 0.4) is 0 Å². The van der Waals surface area contributed by atoms with Gasteiger partial charge in [-0.05, 0) is 43.3 Å². The van der Waals surface area contributed by atoms with E-state index in [9.17, 15) is 8.42 Å². The SMILES string of the molecule is CCCNCc1ccc(CS(=O)(=O)c2cccc(Br)c2)o1. The van der Waals surface area contributed by atoms with Crippen molar-refractivity contribution in [1.29, 1.82) is 0 Å². The van der Waals surface area contributed by atoms with Crippen LogP contribution in [-0.2, 0) is 22.1 Å². The van der Waals surface area contributed by atoms with Gasteiger partial charge in [0, 0.05) is 4.47 Å². The fourth-order valence-corrected chi connectivity index (χ4v) is 3.75. The Labute approximate surface area is 133 Å². The topological polar surface area (TPSA) is 59.3 Å². The average Bonchev–Trinajstić information content (AvgIpc) is 2.86. The number of benzene rings is 1. The van der Waals surface area contributed by atoms with Gasteiger partial charge in [0.15, 0.2) is 9.84 Å². The van der Waals surface area contributed by atoms with Crippen molar-refractivity contribution < 1.29 is 12.8 Å². The molecule has 0 bridgehead atoms. The first-order chi connectivity index (χ1) is 10.0. The predicted octanol–water partition coefficient (Wildman–Crippen LogP) is 3.52. The molecule has 1 N–H and O–H groups in total. The molecule has 0 fully saturated rings. The molecule has 0 amide bonds. The fourth-order valence-electron chi connectivity index (χ4n) is 1.91. The third kappa shape index (κ3) is 4.69. The minimum Gasteiger partial charge on any atom is -0.464 e. The summed E-state index contributed by atoms with van der Waals surface area (Å²) in [7, 11) is -3.39. The first kappa shape index (κ1) is 16.3. The highest BCUT2D eigenvalue weighted by Crippen LogP contribution is 2.21. The molecule has 1 heterocycles. The zero-order valence-electron chi connectivity index (χ0n) is 11.8. The van der Waals surface area contributed by atoms with E-state index in [4.69, 9.17) is 4.42 Å². The number of furan rings is 1.